The molecule has 0 aromatic rings. The first-order valence-electron chi connectivity index (χ1n) is 3.75. The summed E-state index contributed by atoms with van der Waals surface area (Å²) in [6.45, 7) is 0.570. The van der Waals surface area contributed by atoms with Crippen molar-refractivity contribution in [1.82, 2.24) is 5.32 Å². The van der Waals surface area contributed by atoms with Gasteiger partial charge >= 0.3 is 6.09 Å². The van der Waals surface area contributed by atoms with Crippen molar-refractivity contribution < 1.29 is 9.53 Å². The van der Waals surface area contributed by atoms with Gasteiger partial charge in [-0.2, -0.15) is 0 Å². The van der Waals surface area contributed by atoms with Crippen LogP contribution in [0.25, 0.3) is 0 Å². The number of alkyl carbamates (subject to hydrolysis) is 1. The minimum absolute atomic E-state index is 0.277. The number of nitrogens with one attached hydrogen (secondary N) is 1. The maximum Gasteiger partial charge on any atom is 0.407 e. The Kier molecular flexibility index (Phi) is 5.84. The third-order valence-electron chi connectivity index (χ3n) is 1.38. The molecule has 0 aliphatic rings. The number of ether oxygens (including phenoxy) is 1. The summed E-state index contributed by atoms with van der Waals surface area (Å²) in [5.41, 5.74) is 5.28. The number of rotatable bonds is 4. The second-order valence-corrected chi connectivity index (χ2v) is 2.29. The van der Waals surface area contributed by atoms with Crippen LogP contribution in [0.5, 0.6) is 0 Å². The van der Waals surface area contributed by atoms with Gasteiger partial charge in [0, 0.05) is 0 Å². The van der Waals surface area contributed by atoms with E-state index < -0.39 is 6.09 Å². The maximum atomic E-state index is 10.7. The SMILES string of the molecule is C#CC(CCCN)NC(=O)OC. The first kappa shape index (κ1) is 10.8. The van der Waals surface area contributed by atoms with Crippen LogP contribution in [0.3, 0.4) is 0 Å². The van der Waals surface area contributed by atoms with Crippen LogP contribution in [0.1, 0.15) is 12.8 Å². The number of hydrogen-bond acceptors (Lipinski definition) is 3. The molecular weight excluding hydrogens is 156 g/mol. The summed E-state index contributed by atoms with van der Waals surface area (Å²) >= 11 is 0. The highest BCUT2D eigenvalue weighted by Gasteiger charge is 2.07. The number of carbonyl (C=O) groups is 1. The Bertz CT molecular complexity index is 174. The number of methoxy groups -OCH3 is 1. The van der Waals surface area contributed by atoms with Gasteiger partial charge in [0.15, 0.2) is 0 Å². The van der Waals surface area contributed by atoms with Gasteiger partial charge in [-0.1, -0.05) is 5.92 Å². The van der Waals surface area contributed by atoms with Gasteiger partial charge in [-0.25, -0.2) is 4.79 Å². The molecule has 0 spiro atoms. The topological polar surface area (TPSA) is 64.3 Å². The monoisotopic (exact) mass is 170 g/mol. The van der Waals surface area contributed by atoms with E-state index in [-0.39, 0.29) is 6.04 Å². The lowest BCUT2D eigenvalue weighted by Crippen LogP contribution is -2.33. The molecule has 4 nitrogen and oxygen atoms in total. The zero-order valence-corrected chi connectivity index (χ0v) is 7.17. The Balaban J connectivity index is 3.69. The van der Waals surface area contributed by atoms with Gasteiger partial charge in [0.05, 0.1) is 13.2 Å². The molecule has 0 aliphatic heterocycles. The number of terminal acetylenes is 1. The highest BCUT2D eigenvalue weighted by atomic mass is 16.5. The van der Waals surface area contributed by atoms with E-state index >= 15 is 0 Å². The summed E-state index contributed by atoms with van der Waals surface area (Å²) in [4.78, 5) is 10.7. The fourth-order valence-corrected chi connectivity index (χ4v) is 0.720. The molecule has 0 bridgehead atoms. The minimum atomic E-state index is -0.505. The van der Waals surface area contributed by atoms with E-state index in [9.17, 15) is 4.79 Å². The van der Waals surface area contributed by atoms with Crippen molar-refractivity contribution in [3.63, 3.8) is 0 Å². The van der Waals surface area contributed by atoms with Gasteiger partial charge < -0.3 is 15.8 Å². The Morgan fingerprint density at radius 3 is 2.92 bits per heavy atom. The summed E-state index contributed by atoms with van der Waals surface area (Å²) < 4.78 is 4.39. The number of nitrogens with two attached hydrogens (primary N) is 1. The van der Waals surface area contributed by atoms with Crippen LogP contribution in [0.4, 0.5) is 4.79 Å². The van der Waals surface area contributed by atoms with Crippen LogP contribution in [-0.4, -0.2) is 25.8 Å². The molecule has 0 heterocycles. The quantitative estimate of drug-likeness (QED) is 0.587. The molecule has 68 valence electrons. The lowest BCUT2D eigenvalue weighted by atomic mass is 10.2. The second-order valence-electron chi connectivity index (χ2n) is 2.29. The normalized spacial score (nSPS) is 11.4. The van der Waals surface area contributed by atoms with Crippen LogP contribution < -0.4 is 11.1 Å². The molecule has 4 heteroatoms. The van der Waals surface area contributed by atoms with Crippen molar-refractivity contribution in [2.24, 2.45) is 5.73 Å². The molecule has 0 radical (unpaired) electrons. The molecule has 1 unspecified atom stereocenters. The van der Waals surface area contributed by atoms with Crippen molar-refractivity contribution in [3.05, 3.63) is 0 Å². The third kappa shape index (κ3) is 4.58. The van der Waals surface area contributed by atoms with Gasteiger partial charge in [0.25, 0.3) is 0 Å². The molecule has 1 atom stereocenters. The lowest BCUT2D eigenvalue weighted by Gasteiger charge is -2.10. The zero-order valence-electron chi connectivity index (χ0n) is 7.17. The van der Waals surface area contributed by atoms with E-state index in [2.05, 4.69) is 16.0 Å². The summed E-state index contributed by atoms with van der Waals surface area (Å²) in [5.74, 6) is 2.43. The second kappa shape index (κ2) is 6.50. The molecular formula is C8H14N2O2. The highest BCUT2D eigenvalue weighted by molar-refractivity contribution is 5.67. The fourth-order valence-electron chi connectivity index (χ4n) is 0.720. The van der Waals surface area contributed by atoms with Crippen LogP contribution >= 0.6 is 0 Å². The average Bonchev–Trinajstić information content (AvgIpc) is 2.11. The van der Waals surface area contributed by atoms with Gasteiger partial charge in [-0.15, -0.1) is 6.42 Å². The molecule has 0 fully saturated rings. The molecule has 3 N–H and O–H groups in total. The lowest BCUT2D eigenvalue weighted by molar-refractivity contribution is 0.168. The van der Waals surface area contributed by atoms with Crippen LogP contribution in [0, 0.1) is 12.3 Å². The average molecular weight is 170 g/mol. The van der Waals surface area contributed by atoms with Gasteiger partial charge in [0.2, 0.25) is 0 Å². The van der Waals surface area contributed by atoms with Gasteiger partial charge in [0.1, 0.15) is 0 Å². The van der Waals surface area contributed by atoms with Crippen molar-refractivity contribution in [3.8, 4) is 12.3 Å². The molecule has 12 heavy (non-hydrogen) atoms. The Morgan fingerprint density at radius 2 is 2.50 bits per heavy atom. The van der Waals surface area contributed by atoms with Crippen molar-refractivity contribution in [2.45, 2.75) is 18.9 Å². The first-order valence-corrected chi connectivity index (χ1v) is 3.75. The van der Waals surface area contributed by atoms with E-state index in [1.165, 1.54) is 7.11 Å². The molecule has 0 saturated carbocycles. The van der Waals surface area contributed by atoms with E-state index in [0.29, 0.717) is 13.0 Å². The molecule has 0 aromatic heterocycles. The number of carbonyl (C=O) groups excluding carboxylic acids is 1. The minimum Gasteiger partial charge on any atom is -0.453 e. The van der Waals surface area contributed by atoms with E-state index in [1.807, 2.05) is 0 Å². The Hall–Kier alpha value is -1.21. The predicted molar refractivity (Wildman–Crippen MR) is 46.5 cm³/mol. The number of hydrogen-bond donors (Lipinski definition) is 2. The summed E-state index contributed by atoms with van der Waals surface area (Å²) in [6, 6.07) is -0.277. The van der Waals surface area contributed by atoms with E-state index in [0.717, 1.165) is 6.42 Å². The van der Waals surface area contributed by atoms with Crippen molar-refractivity contribution in [1.29, 1.82) is 0 Å². The van der Waals surface area contributed by atoms with Gasteiger partial charge in [-0.3, -0.25) is 0 Å². The first-order chi connectivity index (χ1) is 5.74. The standard InChI is InChI=1S/C8H14N2O2/c1-3-7(5-4-6-9)10-8(11)12-2/h1,7H,4-6,9H2,2H3,(H,10,11). The van der Waals surface area contributed by atoms with Crippen LogP contribution in [-0.2, 0) is 4.74 Å². The summed E-state index contributed by atoms with van der Waals surface area (Å²) in [6.07, 6.45) is 6.12. The number of amides is 1. The molecule has 0 rings (SSSR count). The van der Waals surface area contributed by atoms with Crippen LogP contribution in [0.15, 0.2) is 0 Å². The fraction of sp³-hybridized carbons (Fsp3) is 0.625. The maximum absolute atomic E-state index is 10.7. The van der Waals surface area contributed by atoms with Crippen molar-refractivity contribution >= 4 is 6.09 Å². The highest BCUT2D eigenvalue weighted by Crippen LogP contribution is 1.94. The Labute approximate surface area is 72.5 Å². The van der Waals surface area contributed by atoms with Crippen molar-refractivity contribution in [2.75, 3.05) is 13.7 Å². The predicted octanol–water partition coefficient (Wildman–Crippen LogP) is 0.0831. The molecule has 1 amide bonds. The third-order valence-corrected chi connectivity index (χ3v) is 1.38. The molecule has 0 saturated heterocycles. The summed E-state index contributed by atoms with van der Waals surface area (Å²) in [5, 5.41) is 2.50. The van der Waals surface area contributed by atoms with E-state index in [1.54, 1.807) is 0 Å². The zero-order chi connectivity index (χ0) is 9.40. The van der Waals surface area contributed by atoms with Crippen LogP contribution in [0.2, 0.25) is 0 Å². The van der Waals surface area contributed by atoms with E-state index in [4.69, 9.17) is 12.2 Å². The largest absolute Gasteiger partial charge is 0.453 e. The Morgan fingerprint density at radius 1 is 1.83 bits per heavy atom. The molecule has 0 aliphatic carbocycles. The van der Waals surface area contributed by atoms with Gasteiger partial charge in [-0.05, 0) is 19.4 Å². The smallest absolute Gasteiger partial charge is 0.407 e. The summed E-state index contributed by atoms with van der Waals surface area (Å²) in [7, 11) is 1.30. The molecule has 0 aromatic carbocycles.